The van der Waals surface area contributed by atoms with Crippen LogP contribution in [0.15, 0.2) is 34.4 Å². The van der Waals surface area contributed by atoms with Crippen LogP contribution in [0.4, 0.5) is 0 Å². The van der Waals surface area contributed by atoms with Crippen molar-refractivity contribution in [3.05, 3.63) is 44.9 Å². The Labute approximate surface area is 115 Å². The SMILES string of the molecule is CC(C)c1ccc(-c2csc(=O)n2CC(=O)O)cc1. The second-order valence-electron chi connectivity index (χ2n) is 4.64. The summed E-state index contributed by atoms with van der Waals surface area (Å²) in [4.78, 5) is 22.2. The van der Waals surface area contributed by atoms with Gasteiger partial charge in [0.15, 0.2) is 0 Å². The Bertz CT molecular complexity index is 637. The highest BCUT2D eigenvalue weighted by Gasteiger charge is 2.12. The van der Waals surface area contributed by atoms with Gasteiger partial charge >= 0.3 is 10.8 Å². The van der Waals surface area contributed by atoms with E-state index in [9.17, 15) is 9.59 Å². The van der Waals surface area contributed by atoms with E-state index in [1.54, 1.807) is 5.38 Å². The fourth-order valence-electron chi connectivity index (χ4n) is 1.88. The van der Waals surface area contributed by atoms with Crippen molar-refractivity contribution in [2.75, 3.05) is 0 Å². The number of carboxylic acid groups (broad SMARTS) is 1. The van der Waals surface area contributed by atoms with E-state index in [1.807, 2.05) is 24.3 Å². The molecular weight excluding hydrogens is 262 g/mol. The Balaban J connectivity index is 2.41. The molecule has 5 heteroatoms. The van der Waals surface area contributed by atoms with Crippen molar-refractivity contribution in [1.82, 2.24) is 4.57 Å². The monoisotopic (exact) mass is 277 g/mol. The minimum Gasteiger partial charge on any atom is -0.480 e. The number of aromatic nitrogens is 1. The van der Waals surface area contributed by atoms with E-state index in [-0.39, 0.29) is 11.4 Å². The summed E-state index contributed by atoms with van der Waals surface area (Å²) >= 11 is 1.02. The van der Waals surface area contributed by atoms with E-state index < -0.39 is 5.97 Å². The van der Waals surface area contributed by atoms with Gasteiger partial charge in [-0.25, -0.2) is 0 Å². The van der Waals surface area contributed by atoms with E-state index in [4.69, 9.17) is 5.11 Å². The molecular formula is C14H15NO3S. The van der Waals surface area contributed by atoms with Crippen LogP contribution in [0.5, 0.6) is 0 Å². The minimum atomic E-state index is -1.01. The maximum atomic E-state index is 11.6. The standard InChI is InChI=1S/C14H15NO3S/c1-9(2)10-3-5-11(6-4-10)12-8-19-14(18)15(12)7-13(16)17/h3-6,8-9H,7H2,1-2H3,(H,16,17). The van der Waals surface area contributed by atoms with Gasteiger partial charge < -0.3 is 5.11 Å². The number of rotatable bonds is 4. The van der Waals surface area contributed by atoms with Crippen molar-refractivity contribution in [2.24, 2.45) is 0 Å². The molecule has 1 N–H and O–H groups in total. The van der Waals surface area contributed by atoms with Crippen LogP contribution in [0.3, 0.4) is 0 Å². The van der Waals surface area contributed by atoms with Gasteiger partial charge in [0.05, 0.1) is 5.69 Å². The van der Waals surface area contributed by atoms with Gasteiger partial charge in [0, 0.05) is 5.38 Å². The van der Waals surface area contributed by atoms with Crippen molar-refractivity contribution < 1.29 is 9.90 Å². The van der Waals surface area contributed by atoms with Gasteiger partial charge in [-0.15, -0.1) is 0 Å². The first-order valence-electron chi connectivity index (χ1n) is 5.99. The first kappa shape index (κ1) is 13.5. The van der Waals surface area contributed by atoms with Crippen molar-refractivity contribution in [3.8, 4) is 11.3 Å². The van der Waals surface area contributed by atoms with Crippen molar-refractivity contribution in [2.45, 2.75) is 26.3 Å². The number of hydrogen-bond donors (Lipinski definition) is 1. The zero-order valence-electron chi connectivity index (χ0n) is 10.8. The molecule has 0 bridgehead atoms. The summed E-state index contributed by atoms with van der Waals surface area (Å²) in [5.74, 6) is -0.571. The molecule has 19 heavy (non-hydrogen) atoms. The topological polar surface area (TPSA) is 59.3 Å². The van der Waals surface area contributed by atoms with E-state index in [1.165, 1.54) is 10.1 Å². The predicted octanol–water partition coefficient (Wildman–Crippen LogP) is 2.78. The molecule has 0 atom stereocenters. The molecule has 100 valence electrons. The van der Waals surface area contributed by atoms with Gasteiger partial charge in [0.25, 0.3) is 0 Å². The van der Waals surface area contributed by atoms with Gasteiger partial charge in [-0.3, -0.25) is 14.2 Å². The molecule has 1 aromatic heterocycles. The zero-order chi connectivity index (χ0) is 14.0. The Hall–Kier alpha value is -1.88. The molecule has 0 aliphatic carbocycles. The quantitative estimate of drug-likeness (QED) is 0.934. The lowest BCUT2D eigenvalue weighted by atomic mass is 10.0. The number of carboxylic acids is 1. The lowest BCUT2D eigenvalue weighted by molar-refractivity contribution is -0.137. The largest absolute Gasteiger partial charge is 0.480 e. The lowest BCUT2D eigenvalue weighted by Gasteiger charge is -2.08. The molecule has 0 aliphatic rings. The van der Waals surface area contributed by atoms with Crippen LogP contribution in [0.1, 0.15) is 25.3 Å². The molecule has 0 amide bonds. The second kappa shape index (κ2) is 5.40. The summed E-state index contributed by atoms with van der Waals surface area (Å²) in [5, 5.41) is 10.5. The summed E-state index contributed by atoms with van der Waals surface area (Å²) in [6.45, 7) is 3.92. The fourth-order valence-corrected chi connectivity index (χ4v) is 2.65. The Morgan fingerprint density at radius 1 is 1.32 bits per heavy atom. The fraction of sp³-hybridized carbons (Fsp3) is 0.286. The van der Waals surface area contributed by atoms with Gasteiger partial charge in [0.2, 0.25) is 0 Å². The molecule has 0 unspecified atom stereocenters. The minimum absolute atomic E-state index is 0.245. The smallest absolute Gasteiger partial charge is 0.323 e. The van der Waals surface area contributed by atoms with Crippen molar-refractivity contribution >= 4 is 17.3 Å². The molecule has 0 saturated carbocycles. The van der Waals surface area contributed by atoms with Crippen LogP contribution in [0, 0.1) is 0 Å². The van der Waals surface area contributed by atoms with Crippen LogP contribution >= 0.6 is 11.3 Å². The Kier molecular flexibility index (Phi) is 3.85. The van der Waals surface area contributed by atoms with E-state index in [0.717, 1.165) is 16.9 Å². The normalized spacial score (nSPS) is 10.9. The average molecular weight is 277 g/mol. The molecule has 0 radical (unpaired) electrons. The molecule has 4 nitrogen and oxygen atoms in total. The number of nitrogens with zero attached hydrogens (tertiary/aromatic N) is 1. The van der Waals surface area contributed by atoms with Gasteiger partial charge in [-0.05, 0) is 17.0 Å². The third-order valence-electron chi connectivity index (χ3n) is 2.95. The van der Waals surface area contributed by atoms with Crippen LogP contribution in [0.25, 0.3) is 11.3 Å². The molecule has 0 aliphatic heterocycles. The van der Waals surface area contributed by atoms with Gasteiger partial charge in [0.1, 0.15) is 6.54 Å². The summed E-state index contributed by atoms with van der Waals surface area (Å²) in [6, 6.07) is 7.87. The highest BCUT2D eigenvalue weighted by atomic mass is 32.1. The number of thiazole rings is 1. The number of hydrogen-bond acceptors (Lipinski definition) is 3. The van der Waals surface area contributed by atoms with E-state index >= 15 is 0 Å². The molecule has 0 fully saturated rings. The van der Waals surface area contributed by atoms with Gasteiger partial charge in [-0.2, -0.15) is 0 Å². The third kappa shape index (κ3) is 2.93. The van der Waals surface area contributed by atoms with Crippen LogP contribution in [0.2, 0.25) is 0 Å². The Morgan fingerprint density at radius 2 is 1.95 bits per heavy atom. The highest BCUT2D eigenvalue weighted by molar-refractivity contribution is 7.07. The van der Waals surface area contributed by atoms with Crippen molar-refractivity contribution in [3.63, 3.8) is 0 Å². The number of benzene rings is 1. The summed E-state index contributed by atoms with van der Waals surface area (Å²) < 4.78 is 1.29. The molecule has 1 heterocycles. The maximum absolute atomic E-state index is 11.6. The summed E-state index contributed by atoms with van der Waals surface area (Å²) in [7, 11) is 0. The molecule has 0 spiro atoms. The summed E-state index contributed by atoms with van der Waals surface area (Å²) in [5.41, 5.74) is 2.74. The number of carbonyl (C=O) groups is 1. The zero-order valence-corrected chi connectivity index (χ0v) is 11.6. The van der Waals surface area contributed by atoms with Gasteiger partial charge in [-0.1, -0.05) is 49.4 Å². The lowest BCUT2D eigenvalue weighted by Crippen LogP contribution is -2.19. The van der Waals surface area contributed by atoms with E-state index in [2.05, 4.69) is 13.8 Å². The number of aliphatic carboxylic acids is 1. The molecule has 2 aromatic rings. The second-order valence-corrected chi connectivity index (χ2v) is 5.46. The molecule has 2 rings (SSSR count). The maximum Gasteiger partial charge on any atom is 0.323 e. The Morgan fingerprint density at radius 3 is 2.47 bits per heavy atom. The van der Waals surface area contributed by atoms with Crippen molar-refractivity contribution in [1.29, 1.82) is 0 Å². The summed E-state index contributed by atoms with van der Waals surface area (Å²) in [6.07, 6.45) is 0. The third-order valence-corrected chi connectivity index (χ3v) is 3.71. The van der Waals surface area contributed by atoms with E-state index in [0.29, 0.717) is 11.6 Å². The average Bonchev–Trinajstić information content (AvgIpc) is 2.71. The van der Waals surface area contributed by atoms with Crippen LogP contribution in [-0.2, 0) is 11.3 Å². The first-order valence-corrected chi connectivity index (χ1v) is 6.87. The van der Waals surface area contributed by atoms with Crippen LogP contribution in [-0.4, -0.2) is 15.6 Å². The highest BCUT2D eigenvalue weighted by Crippen LogP contribution is 2.23. The molecule has 0 saturated heterocycles. The molecule has 1 aromatic carbocycles. The van der Waals surface area contributed by atoms with Crippen LogP contribution < -0.4 is 4.87 Å². The predicted molar refractivity (Wildman–Crippen MR) is 75.7 cm³/mol. The first-order chi connectivity index (χ1) is 8.99.